The Kier molecular flexibility index (Phi) is 7.74. The van der Waals surface area contributed by atoms with Crippen LogP contribution >= 0.6 is 11.3 Å². The van der Waals surface area contributed by atoms with Gasteiger partial charge in [0.2, 0.25) is 15.9 Å². The summed E-state index contributed by atoms with van der Waals surface area (Å²) in [4.78, 5) is 29.1. The minimum Gasteiger partial charge on any atom is -0.448 e. The van der Waals surface area contributed by atoms with Crippen LogP contribution in [0, 0.1) is 0 Å². The molecule has 13 heteroatoms. The van der Waals surface area contributed by atoms with Crippen LogP contribution in [0.25, 0.3) is 11.1 Å². The van der Waals surface area contributed by atoms with E-state index in [9.17, 15) is 26.4 Å². The van der Waals surface area contributed by atoms with Gasteiger partial charge in [-0.15, -0.1) is 11.3 Å². The summed E-state index contributed by atoms with van der Waals surface area (Å²) in [6.45, 7) is 3.29. The molecule has 1 aliphatic heterocycles. The molecule has 0 unspecified atom stereocenters. The van der Waals surface area contributed by atoms with Gasteiger partial charge in [-0.2, -0.15) is 0 Å². The number of likely N-dealkylation sites (N-methyl/N-ethyl adjacent to an activating group) is 2. The van der Waals surface area contributed by atoms with Crippen molar-refractivity contribution in [3.05, 3.63) is 71.3 Å². The third-order valence-electron chi connectivity index (χ3n) is 7.74. The zero-order valence-corrected chi connectivity index (χ0v) is 25.3. The van der Waals surface area contributed by atoms with Crippen molar-refractivity contribution in [2.45, 2.75) is 45.9 Å². The fourth-order valence-corrected chi connectivity index (χ4v) is 10.0. The first kappa shape index (κ1) is 29.2. The number of sulfone groups is 1. The number of rotatable bonds is 7. The topological polar surface area (TPSA) is 144 Å². The normalized spacial score (nSPS) is 19.1. The SMILES string of the molecule is CCN(C(=O)CN(C)C(=O)OCC1c2ccccc2-c2ccccc21)[C@H]1C[C@H](C)S(=O)(=O)c2sc(S(N)(=O)=O)cc21. The number of fused-ring (bicyclic) bond motifs is 4. The van der Waals surface area contributed by atoms with E-state index in [-0.39, 0.29) is 46.0 Å². The number of sulfonamides is 1. The molecule has 218 valence electrons. The predicted octanol–water partition coefficient (Wildman–Crippen LogP) is 3.73. The van der Waals surface area contributed by atoms with Gasteiger partial charge in [-0.25, -0.2) is 26.8 Å². The maximum absolute atomic E-state index is 13.4. The number of nitrogens with zero attached hydrogens (tertiary/aromatic N) is 2. The van der Waals surface area contributed by atoms with Gasteiger partial charge >= 0.3 is 6.09 Å². The van der Waals surface area contributed by atoms with E-state index in [1.165, 1.54) is 29.8 Å². The van der Waals surface area contributed by atoms with E-state index >= 15 is 0 Å². The number of ether oxygens (including phenoxy) is 1. The third kappa shape index (κ3) is 5.27. The van der Waals surface area contributed by atoms with Crippen LogP contribution in [0.5, 0.6) is 0 Å². The second-order valence-electron chi connectivity index (χ2n) is 10.3. The van der Waals surface area contributed by atoms with Gasteiger partial charge in [0, 0.05) is 25.1 Å². The Morgan fingerprint density at radius 1 is 1.05 bits per heavy atom. The molecule has 0 radical (unpaired) electrons. The molecule has 0 saturated heterocycles. The lowest BCUT2D eigenvalue weighted by Gasteiger charge is -2.36. The van der Waals surface area contributed by atoms with Crippen molar-refractivity contribution >= 4 is 43.2 Å². The van der Waals surface area contributed by atoms with Crippen LogP contribution in [0.4, 0.5) is 4.79 Å². The fraction of sp³-hybridized carbons (Fsp3) is 0.357. The Morgan fingerprint density at radius 3 is 2.20 bits per heavy atom. The smallest absolute Gasteiger partial charge is 0.409 e. The molecule has 0 spiro atoms. The van der Waals surface area contributed by atoms with Crippen molar-refractivity contribution < 1.29 is 31.2 Å². The second-order valence-corrected chi connectivity index (χ2v) is 15.7. The molecule has 41 heavy (non-hydrogen) atoms. The van der Waals surface area contributed by atoms with E-state index in [1.54, 1.807) is 6.92 Å². The molecule has 2 N–H and O–H groups in total. The number of thiophene rings is 1. The zero-order chi connectivity index (χ0) is 29.7. The Bertz CT molecular complexity index is 1690. The van der Waals surface area contributed by atoms with Crippen LogP contribution < -0.4 is 5.14 Å². The number of benzene rings is 2. The summed E-state index contributed by atoms with van der Waals surface area (Å²) in [5.74, 6) is -0.549. The van der Waals surface area contributed by atoms with Gasteiger partial charge < -0.3 is 14.5 Å². The molecule has 1 aromatic heterocycles. The summed E-state index contributed by atoms with van der Waals surface area (Å²) >= 11 is 0.601. The molecular weight excluding hydrogens is 587 g/mol. The molecule has 3 aromatic rings. The van der Waals surface area contributed by atoms with Gasteiger partial charge in [0.1, 0.15) is 21.6 Å². The van der Waals surface area contributed by atoms with Gasteiger partial charge in [-0.1, -0.05) is 48.5 Å². The quantitative estimate of drug-likeness (QED) is 0.425. The van der Waals surface area contributed by atoms with E-state index in [0.29, 0.717) is 11.3 Å². The highest BCUT2D eigenvalue weighted by Gasteiger charge is 2.42. The number of amides is 2. The first-order chi connectivity index (χ1) is 19.3. The predicted molar refractivity (Wildman–Crippen MR) is 155 cm³/mol. The van der Waals surface area contributed by atoms with Gasteiger partial charge in [-0.3, -0.25) is 4.79 Å². The van der Waals surface area contributed by atoms with Gasteiger partial charge in [-0.05, 0) is 48.6 Å². The standard InChI is InChI=1S/C28H31N3O7S3/c1-4-31(24-13-17(2)40(34,35)27-22(24)14-26(39-27)41(29,36)37)25(32)15-30(3)28(33)38-16-23-20-11-7-5-9-18(20)19-10-6-8-12-21(19)23/h5-12,14,17,23-24H,4,13,15-16H2,1-3H3,(H2,29,36,37)/t17-,24-/m0/s1. The maximum Gasteiger partial charge on any atom is 0.409 e. The van der Waals surface area contributed by atoms with Crippen molar-refractivity contribution in [3.63, 3.8) is 0 Å². The lowest BCUT2D eigenvalue weighted by atomic mass is 9.98. The average molecular weight is 618 g/mol. The summed E-state index contributed by atoms with van der Waals surface area (Å²) in [6, 6.07) is 16.5. The lowest BCUT2D eigenvalue weighted by molar-refractivity contribution is -0.134. The fourth-order valence-electron chi connectivity index (χ4n) is 5.64. The molecule has 1 aliphatic carbocycles. The van der Waals surface area contributed by atoms with Crippen molar-refractivity contribution in [2.24, 2.45) is 5.14 Å². The minimum atomic E-state index is -4.14. The van der Waals surface area contributed by atoms with Crippen LogP contribution in [-0.4, -0.2) is 70.6 Å². The molecule has 2 amide bonds. The van der Waals surface area contributed by atoms with Crippen LogP contribution in [-0.2, 0) is 29.4 Å². The molecule has 2 atom stereocenters. The highest BCUT2D eigenvalue weighted by atomic mass is 32.3. The zero-order valence-electron chi connectivity index (χ0n) is 22.8. The van der Waals surface area contributed by atoms with Crippen LogP contribution in [0.2, 0.25) is 0 Å². The van der Waals surface area contributed by atoms with E-state index in [4.69, 9.17) is 9.88 Å². The monoisotopic (exact) mass is 617 g/mol. The highest BCUT2D eigenvalue weighted by Crippen LogP contribution is 2.46. The Balaban J connectivity index is 1.30. The van der Waals surface area contributed by atoms with E-state index in [1.807, 2.05) is 48.5 Å². The summed E-state index contributed by atoms with van der Waals surface area (Å²) in [5, 5.41) is 4.44. The molecule has 2 aromatic carbocycles. The Morgan fingerprint density at radius 2 is 1.63 bits per heavy atom. The highest BCUT2D eigenvalue weighted by molar-refractivity contribution is 7.95. The van der Waals surface area contributed by atoms with Crippen molar-refractivity contribution in [1.82, 2.24) is 9.80 Å². The average Bonchev–Trinajstić information content (AvgIpc) is 3.52. The molecule has 0 bridgehead atoms. The molecule has 2 heterocycles. The van der Waals surface area contributed by atoms with Gasteiger partial charge in [0.25, 0.3) is 0 Å². The Hall–Kier alpha value is -3.26. The molecule has 0 saturated carbocycles. The van der Waals surface area contributed by atoms with Crippen molar-refractivity contribution in [3.8, 4) is 11.1 Å². The summed E-state index contributed by atoms with van der Waals surface area (Å²) < 4.78 is 55.2. The maximum atomic E-state index is 13.4. The van der Waals surface area contributed by atoms with E-state index in [2.05, 4.69) is 0 Å². The Labute approximate surface area is 243 Å². The van der Waals surface area contributed by atoms with Gasteiger partial charge in [0.05, 0.1) is 11.3 Å². The lowest BCUT2D eigenvalue weighted by Crippen LogP contribution is -2.45. The molecule has 2 aliphatic rings. The summed E-state index contributed by atoms with van der Waals surface area (Å²) in [6.07, 6.45) is -0.576. The first-order valence-electron chi connectivity index (χ1n) is 13.1. The van der Waals surface area contributed by atoms with Crippen LogP contribution in [0.15, 0.2) is 63.0 Å². The number of hydrogen-bond acceptors (Lipinski definition) is 8. The third-order valence-corrected chi connectivity index (χ3v) is 13.1. The number of hydrogen-bond donors (Lipinski definition) is 1. The number of carbonyl (C=O) groups is 2. The van der Waals surface area contributed by atoms with Crippen molar-refractivity contribution in [2.75, 3.05) is 26.7 Å². The largest absolute Gasteiger partial charge is 0.448 e. The van der Waals surface area contributed by atoms with Crippen LogP contribution in [0.3, 0.4) is 0 Å². The number of primary sulfonamides is 1. The van der Waals surface area contributed by atoms with E-state index < -0.39 is 43.2 Å². The molecular formula is C28H31N3O7S3. The second kappa shape index (κ2) is 10.9. The van der Waals surface area contributed by atoms with Gasteiger partial charge in [0.15, 0.2) is 9.84 Å². The minimum absolute atomic E-state index is 0.0877. The number of carbonyl (C=O) groups excluding carboxylic acids is 2. The summed E-state index contributed by atoms with van der Waals surface area (Å²) in [5.41, 5.74) is 4.59. The molecule has 0 fully saturated rings. The van der Waals surface area contributed by atoms with Crippen LogP contribution in [0.1, 0.15) is 48.9 Å². The summed E-state index contributed by atoms with van der Waals surface area (Å²) in [7, 11) is -6.45. The van der Waals surface area contributed by atoms with Crippen molar-refractivity contribution in [1.29, 1.82) is 0 Å². The van der Waals surface area contributed by atoms with E-state index in [0.717, 1.165) is 22.3 Å². The molecule has 10 nitrogen and oxygen atoms in total. The number of nitrogens with two attached hydrogens (primary N) is 1. The molecule has 5 rings (SSSR count). The first-order valence-corrected chi connectivity index (χ1v) is 17.0.